The van der Waals surface area contributed by atoms with Crippen molar-refractivity contribution in [1.29, 1.82) is 5.26 Å². The summed E-state index contributed by atoms with van der Waals surface area (Å²) in [4.78, 5) is 32.1. The van der Waals surface area contributed by atoms with Crippen LogP contribution in [0, 0.1) is 11.3 Å². The summed E-state index contributed by atoms with van der Waals surface area (Å²) in [5.74, 6) is 0.531. The van der Waals surface area contributed by atoms with Crippen LogP contribution in [0.1, 0.15) is 30.5 Å². The first-order valence-corrected chi connectivity index (χ1v) is 11.2. The van der Waals surface area contributed by atoms with Gasteiger partial charge < -0.3 is 15.0 Å². The number of aromatic amines is 1. The Morgan fingerprint density at radius 3 is 2.38 bits per heavy atom. The van der Waals surface area contributed by atoms with Gasteiger partial charge >= 0.3 is 0 Å². The van der Waals surface area contributed by atoms with Gasteiger partial charge in [-0.25, -0.2) is 4.98 Å². The summed E-state index contributed by atoms with van der Waals surface area (Å²) >= 11 is 1.11. The molecule has 0 bridgehead atoms. The van der Waals surface area contributed by atoms with Gasteiger partial charge in [0.25, 0.3) is 5.56 Å². The maximum atomic E-state index is 12.6. The van der Waals surface area contributed by atoms with Crippen molar-refractivity contribution in [2.75, 3.05) is 18.2 Å². The Morgan fingerprint density at radius 1 is 1.16 bits per heavy atom. The van der Waals surface area contributed by atoms with Crippen LogP contribution in [0.2, 0.25) is 0 Å². The van der Waals surface area contributed by atoms with Crippen LogP contribution in [0.5, 0.6) is 5.75 Å². The molecule has 1 amide bonds. The van der Waals surface area contributed by atoms with Crippen molar-refractivity contribution in [1.82, 2.24) is 9.97 Å². The Hall–Kier alpha value is -3.57. The molecule has 1 heterocycles. The number of nitrogens with zero attached hydrogens (tertiary/aromatic N) is 2. The number of benzene rings is 2. The second-order valence-corrected chi connectivity index (χ2v) is 7.89. The second-order valence-electron chi connectivity index (χ2n) is 6.93. The largest absolute Gasteiger partial charge is 0.497 e. The number of ether oxygens (including phenoxy) is 1. The second kappa shape index (κ2) is 10.6. The maximum absolute atomic E-state index is 12.6. The maximum Gasteiger partial charge on any atom is 0.270 e. The lowest BCUT2D eigenvalue weighted by Gasteiger charge is -2.14. The van der Waals surface area contributed by atoms with Crippen LogP contribution < -0.4 is 15.6 Å². The van der Waals surface area contributed by atoms with Crippen molar-refractivity contribution in [3.63, 3.8) is 0 Å². The summed E-state index contributed by atoms with van der Waals surface area (Å²) in [5, 5.41) is 12.7. The van der Waals surface area contributed by atoms with Crippen molar-refractivity contribution in [2.24, 2.45) is 0 Å². The highest BCUT2D eigenvalue weighted by Crippen LogP contribution is 2.25. The van der Waals surface area contributed by atoms with E-state index < -0.39 is 5.56 Å². The van der Waals surface area contributed by atoms with E-state index >= 15 is 0 Å². The van der Waals surface area contributed by atoms with Gasteiger partial charge in [-0.2, -0.15) is 5.26 Å². The minimum Gasteiger partial charge on any atom is -0.497 e. The summed E-state index contributed by atoms with van der Waals surface area (Å²) < 4.78 is 5.15. The van der Waals surface area contributed by atoms with Crippen LogP contribution >= 0.6 is 11.8 Å². The number of hydrogen-bond acceptors (Lipinski definition) is 6. The number of nitrogens with one attached hydrogen (secondary N) is 2. The Balaban J connectivity index is 1.81. The highest BCUT2D eigenvalue weighted by atomic mass is 32.2. The number of hydrogen-bond donors (Lipinski definition) is 2. The predicted molar refractivity (Wildman–Crippen MR) is 126 cm³/mol. The average Bonchev–Trinajstić information content (AvgIpc) is 2.82. The lowest BCUT2D eigenvalue weighted by molar-refractivity contribution is -0.113. The number of aromatic nitrogens is 2. The van der Waals surface area contributed by atoms with Gasteiger partial charge in [0.1, 0.15) is 17.4 Å². The molecule has 0 radical (unpaired) electrons. The van der Waals surface area contributed by atoms with E-state index in [1.807, 2.05) is 38.1 Å². The average molecular weight is 449 g/mol. The predicted octanol–water partition coefficient (Wildman–Crippen LogP) is 4.17. The van der Waals surface area contributed by atoms with Gasteiger partial charge in [-0.3, -0.25) is 9.59 Å². The first kappa shape index (κ1) is 23.1. The zero-order valence-electron chi connectivity index (χ0n) is 18.2. The number of aryl methyl sites for hydroxylation is 2. The molecule has 0 atom stereocenters. The molecule has 2 aromatic carbocycles. The van der Waals surface area contributed by atoms with E-state index in [2.05, 4.69) is 15.3 Å². The molecule has 0 unspecified atom stereocenters. The quantitative estimate of drug-likeness (QED) is 0.395. The summed E-state index contributed by atoms with van der Waals surface area (Å²) in [6.45, 7) is 4.09. The molecule has 7 nitrogen and oxygen atoms in total. The summed E-state index contributed by atoms with van der Waals surface area (Å²) in [5.41, 5.74) is 3.27. The van der Waals surface area contributed by atoms with Crippen LogP contribution in [0.3, 0.4) is 0 Å². The molecule has 0 aliphatic carbocycles. The molecule has 164 valence electrons. The summed E-state index contributed by atoms with van der Waals surface area (Å²) in [7, 11) is 1.56. The minimum absolute atomic E-state index is 0.0676. The molecule has 0 saturated carbocycles. The molecule has 3 aromatic rings. The van der Waals surface area contributed by atoms with E-state index in [1.165, 1.54) is 0 Å². The van der Waals surface area contributed by atoms with Gasteiger partial charge in [-0.05, 0) is 48.2 Å². The number of methoxy groups -OCH3 is 1. The molecule has 32 heavy (non-hydrogen) atoms. The van der Waals surface area contributed by atoms with E-state index in [0.717, 1.165) is 41.4 Å². The normalized spacial score (nSPS) is 10.4. The number of carbonyl (C=O) groups is 1. The molecule has 2 N–H and O–H groups in total. The third-order valence-electron chi connectivity index (χ3n) is 4.98. The molecular weight excluding hydrogens is 424 g/mol. The number of nitriles is 1. The molecule has 1 aromatic heterocycles. The number of anilines is 1. The van der Waals surface area contributed by atoms with Crippen molar-refractivity contribution < 1.29 is 9.53 Å². The fraction of sp³-hybridized carbons (Fsp3) is 0.250. The first-order valence-electron chi connectivity index (χ1n) is 10.2. The van der Waals surface area contributed by atoms with Crippen LogP contribution in [-0.2, 0) is 17.6 Å². The fourth-order valence-electron chi connectivity index (χ4n) is 3.29. The summed E-state index contributed by atoms with van der Waals surface area (Å²) in [6, 6.07) is 14.8. The molecule has 0 aliphatic rings. The van der Waals surface area contributed by atoms with Gasteiger partial charge in [0, 0.05) is 11.3 Å². The van der Waals surface area contributed by atoms with Gasteiger partial charge in [-0.15, -0.1) is 0 Å². The van der Waals surface area contributed by atoms with Crippen LogP contribution in [0.4, 0.5) is 5.69 Å². The number of carbonyl (C=O) groups excluding carboxylic acids is 1. The lowest BCUT2D eigenvalue weighted by Crippen LogP contribution is -2.18. The zero-order valence-corrected chi connectivity index (χ0v) is 19.0. The number of rotatable bonds is 8. The van der Waals surface area contributed by atoms with Crippen LogP contribution in [0.15, 0.2) is 52.4 Å². The van der Waals surface area contributed by atoms with Crippen molar-refractivity contribution >= 4 is 23.4 Å². The molecule has 0 fully saturated rings. The van der Waals surface area contributed by atoms with E-state index in [-0.39, 0.29) is 28.1 Å². The Bertz CT molecular complexity index is 1190. The van der Waals surface area contributed by atoms with Gasteiger partial charge in [0.2, 0.25) is 5.91 Å². The Morgan fingerprint density at radius 2 is 1.81 bits per heavy atom. The third-order valence-corrected chi connectivity index (χ3v) is 5.85. The molecule has 0 saturated heterocycles. The number of para-hydroxylation sites is 1. The van der Waals surface area contributed by atoms with Crippen molar-refractivity contribution in [2.45, 2.75) is 31.8 Å². The molecule has 3 rings (SSSR count). The number of thioether (sulfide) groups is 1. The first-order chi connectivity index (χ1) is 15.5. The highest BCUT2D eigenvalue weighted by Gasteiger charge is 2.16. The molecule has 0 aliphatic heterocycles. The van der Waals surface area contributed by atoms with Gasteiger partial charge in [-0.1, -0.05) is 43.8 Å². The summed E-state index contributed by atoms with van der Waals surface area (Å²) in [6.07, 6.45) is 1.62. The number of H-pyrrole nitrogens is 1. The topological polar surface area (TPSA) is 108 Å². The Labute approximate surface area is 190 Å². The fourth-order valence-corrected chi connectivity index (χ4v) is 3.96. The van der Waals surface area contributed by atoms with Crippen molar-refractivity contribution in [3.05, 3.63) is 69.5 Å². The monoisotopic (exact) mass is 448 g/mol. The number of amides is 1. The lowest BCUT2D eigenvalue weighted by atomic mass is 10.0. The third kappa shape index (κ3) is 5.18. The molecule has 8 heteroatoms. The van der Waals surface area contributed by atoms with Gasteiger partial charge in [0.15, 0.2) is 5.16 Å². The minimum atomic E-state index is -0.541. The van der Waals surface area contributed by atoms with E-state index in [0.29, 0.717) is 11.3 Å². The highest BCUT2D eigenvalue weighted by molar-refractivity contribution is 7.99. The van der Waals surface area contributed by atoms with Gasteiger partial charge in [0.05, 0.1) is 18.6 Å². The van der Waals surface area contributed by atoms with E-state index in [1.54, 1.807) is 31.4 Å². The zero-order chi connectivity index (χ0) is 23.1. The van der Waals surface area contributed by atoms with Crippen LogP contribution in [0.25, 0.3) is 11.3 Å². The Kier molecular flexibility index (Phi) is 7.68. The van der Waals surface area contributed by atoms with E-state index in [9.17, 15) is 14.9 Å². The van der Waals surface area contributed by atoms with E-state index in [4.69, 9.17) is 4.74 Å². The van der Waals surface area contributed by atoms with Crippen molar-refractivity contribution in [3.8, 4) is 23.1 Å². The smallest absolute Gasteiger partial charge is 0.270 e. The molecule has 0 spiro atoms. The standard InChI is InChI=1S/C24H24N4O3S/c1-4-15-7-6-8-16(5-2)21(15)26-20(29)14-32-24-27-22(19(13-25)23(30)28-24)17-9-11-18(31-3)12-10-17/h6-12H,4-5,14H2,1-3H3,(H,26,29)(H,27,28,30). The molecular formula is C24H24N4O3S. The van der Waals surface area contributed by atoms with Crippen LogP contribution in [-0.4, -0.2) is 28.7 Å². The SMILES string of the molecule is CCc1cccc(CC)c1NC(=O)CSc1nc(-c2ccc(OC)cc2)c(C#N)c(=O)[nH]1.